The van der Waals surface area contributed by atoms with Gasteiger partial charge in [-0.2, -0.15) is 4.31 Å². The van der Waals surface area contributed by atoms with E-state index in [1.54, 1.807) is 18.2 Å². The Morgan fingerprint density at radius 1 is 1.40 bits per heavy atom. The van der Waals surface area contributed by atoms with E-state index in [4.69, 9.17) is 10.9 Å². The molecule has 2 rings (SSSR count). The molecule has 1 heterocycles. The maximum absolute atomic E-state index is 12.7. The van der Waals surface area contributed by atoms with Crippen molar-refractivity contribution < 1.29 is 13.6 Å². The molecule has 0 radical (unpaired) electrons. The predicted octanol–water partition coefficient (Wildman–Crippen LogP) is 1.74. The van der Waals surface area contributed by atoms with Crippen molar-refractivity contribution in [2.45, 2.75) is 30.2 Å². The topological polar surface area (TPSA) is 96.0 Å². The van der Waals surface area contributed by atoms with Gasteiger partial charge in [0.1, 0.15) is 0 Å². The number of hydrogen-bond donors (Lipinski definition) is 2. The number of nitrogens with two attached hydrogens (primary N) is 1. The molecule has 20 heavy (non-hydrogen) atoms. The summed E-state index contributed by atoms with van der Waals surface area (Å²) in [5.41, 5.74) is 5.63. The van der Waals surface area contributed by atoms with Crippen LogP contribution in [-0.2, 0) is 10.0 Å². The lowest BCUT2D eigenvalue weighted by atomic mass is 10.0. The predicted molar refractivity (Wildman–Crippen MR) is 79.1 cm³/mol. The molecule has 3 N–H and O–H groups in total. The summed E-state index contributed by atoms with van der Waals surface area (Å²) in [6.45, 7) is 0.366. The van der Waals surface area contributed by atoms with Gasteiger partial charge in [-0.15, -0.1) is 0 Å². The normalized spacial score (nSPS) is 21.9. The lowest BCUT2D eigenvalue weighted by Gasteiger charge is -2.33. The van der Waals surface area contributed by atoms with Crippen LogP contribution in [0.25, 0.3) is 0 Å². The van der Waals surface area contributed by atoms with Crippen LogP contribution in [0.15, 0.2) is 38.8 Å². The van der Waals surface area contributed by atoms with Gasteiger partial charge in [-0.05, 0) is 40.9 Å². The Bertz CT molecular complexity index is 618. The molecule has 1 fully saturated rings. The van der Waals surface area contributed by atoms with Crippen LogP contribution in [0.4, 0.5) is 0 Å². The van der Waals surface area contributed by atoms with Gasteiger partial charge in [0.2, 0.25) is 10.0 Å². The van der Waals surface area contributed by atoms with Crippen molar-refractivity contribution >= 4 is 31.8 Å². The lowest BCUT2D eigenvalue weighted by molar-refractivity contribution is 0.281. The van der Waals surface area contributed by atoms with Gasteiger partial charge in [0.25, 0.3) is 0 Å². The van der Waals surface area contributed by atoms with Crippen molar-refractivity contribution in [2.24, 2.45) is 10.9 Å². The zero-order valence-corrected chi connectivity index (χ0v) is 13.1. The first-order valence-corrected chi connectivity index (χ1v) is 8.45. The second-order valence-corrected chi connectivity index (χ2v) is 7.30. The Morgan fingerprint density at radius 3 is 2.75 bits per heavy atom. The summed E-state index contributed by atoms with van der Waals surface area (Å²) in [5.74, 6) is -0.0691. The van der Waals surface area contributed by atoms with E-state index in [0.717, 1.165) is 12.8 Å². The third kappa shape index (κ3) is 2.82. The SMILES string of the molecule is NC(=NO)C1CCCCN1S(=O)(=O)c1ccccc1Br. The zero-order valence-electron chi connectivity index (χ0n) is 10.7. The summed E-state index contributed by atoms with van der Waals surface area (Å²) in [4.78, 5) is 0.192. The Kier molecular flexibility index (Phi) is 4.66. The third-order valence-electron chi connectivity index (χ3n) is 3.33. The van der Waals surface area contributed by atoms with Gasteiger partial charge in [0, 0.05) is 11.0 Å². The Hall–Kier alpha value is -1.12. The summed E-state index contributed by atoms with van der Waals surface area (Å²) in [5, 5.41) is 11.8. The van der Waals surface area contributed by atoms with Gasteiger partial charge in [-0.25, -0.2) is 8.42 Å². The summed E-state index contributed by atoms with van der Waals surface area (Å²) in [7, 11) is -3.68. The van der Waals surface area contributed by atoms with Crippen molar-refractivity contribution in [1.29, 1.82) is 0 Å². The van der Waals surface area contributed by atoms with Crippen LogP contribution < -0.4 is 5.73 Å². The van der Waals surface area contributed by atoms with Crippen LogP contribution in [0.1, 0.15) is 19.3 Å². The van der Waals surface area contributed by atoms with Crippen LogP contribution >= 0.6 is 15.9 Å². The average Bonchev–Trinajstić information content (AvgIpc) is 2.46. The number of nitrogens with zero attached hydrogens (tertiary/aromatic N) is 2. The van der Waals surface area contributed by atoms with Crippen molar-refractivity contribution in [3.8, 4) is 0 Å². The molecular formula is C12H16BrN3O3S. The Morgan fingerprint density at radius 2 is 2.10 bits per heavy atom. The molecule has 1 saturated heterocycles. The molecule has 1 aliphatic rings. The number of amidine groups is 1. The van der Waals surface area contributed by atoms with Crippen LogP contribution in [0.2, 0.25) is 0 Å². The second-order valence-electron chi connectivity index (χ2n) is 4.58. The molecular weight excluding hydrogens is 346 g/mol. The molecule has 1 aromatic rings. The molecule has 1 aliphatic heterocycles. The molecule has 8 heteroatoms. The molecule has 0 spiro atoms. The van der Waals surface area contributed by atoms with Crippen LogP contribution in [0.3, 0.4) is 0 Å². The van der Waals surface area contributed by atoms with Crippen molar-refractivity contribution in [3.63, 3.8) is 0 Å². The Balaban J connectivity index is 2.44. The van der Waals surface area contributed by atoms with E-state index in [9.17, 15) is 8.42 Å². The molecule has 0 amide bonds. The zero-order chi connectivity index (χ0) is 14.8. The van der Waals surface area contributed by atoms with E-state index in [1.807, 2.05) is 0 Å². The third-order valence-corrected chi connectivity index (χ3v) is 6.25. The van der Waals surface area contributed by atoms with Gasteiger partial charge >= 0.3 is 0 Å². The highest BCUT2D eigenvalue weighted by molar-refractivity contribution is 9.10. The molecule has 110 valence electrons. The molecule has 1 unspecified atom stereocenters. The highest BCUT2D eigenvalue weighted by Gasteiger charge is 2.36. The summed E-state index contributed by atoms with van der Waals surface area (Å²) >= 11 is 3.26. The van der Waals surface area contributed by atoms with E-state index < -0.39 is 16.1 Å². The maximum Gasteiger partial charge on any atom is 0.244 e. The minimum absolute atomic E-state index is 0.0691. The molecule has 0 saturated carbocycles. The highest BCUT2D eigenvalue weighted by atomic mass is 79.9. The molecule has 0 aliphatic carbocycles. The molecule has 0 aromatic heterocycles. The average molecular weight is 362 g/mol. The van der Waals surface area contributed by atoms with E-state index in [1.165, 1.54) is 10.4 Å². The molecule has 6 nitrogen and oxygen atoms in total. The van der Waals surface area contributed by atoms with Crippen molar-refractivity contribution in [1.82, 2.24) is 4.31 Å². The molecule has 1 aromatic carbocycles. The second kappa shape index (κ2) is 6.11. The first-order valence-electron chi connectivity index (χ1n) is 6.22. The number of halogens is 1. The van der Waals surface area contributed by atoms with Crippen LogP contribution in [-0.4, -0.2) is 36.4 Å². The number of rotatable bonds is 3. The van der Waals surface area contributed by atoms with Crippen LogP contribution in [0, 0.1) is 0 Å². The fourth-order valence-corrected chi connectivity index (χ4v) is 4.97. The van der Waals surface area contributed by atoms with Gasteiger partial charge < -0.3 is 10.9 Å². The minimum atomic E-state index is -3.68. The quantitative estimate of drug-likeness (QED) is 0.371. The fourth-order valence-electron chi connectivity index (χ4n) is 2.34. The minimum Gasteiger partial charge on any atom is -0.409 e. The van der Waals surface area contributed by atoms with E-state index >= 15 is 0 Å². The van der Waals surface area contributed by atoms with E-state index in [2.05, 4.69) is 21.1 Å². The summed E-state index contributed by atoms with van der Waals surface area (Å²) in [6.07, 6.45) is 2.17. The largest absolute Gasteiger partial charge is 0.409 e. The number of oxime groups is 1. The van der Waals surface area contributed by atoms with Gasteiger partial charge in [0.15, 0.2) is 5.84 Å². The van der Waals surface area contributed by atoms with Gasteiger partial charge in [-0.1, -0.05) is 23.7 Å². The monoisotopic (exact) mass is 361 g/mol. The maximum atomic E-state index is 12.7. The summed E-state index contributed by atoms with van der Waals surface area (Å²) < 4.78 is 27.3. The fraction of sp³-hybridized carbons (Fsp3) is 0.417. The first kappa shape index (κ1) is 15.3. The van der Waals surface area contributed by atoms with Gasteiger partial charge in [0.05, 0.1) is 10.9 Å². The first-order chi connectivity index (χ1) is 9.48. The van der Waals surface area contributed by atoms with E-state index in [-0.39, 0.29) is 10.7 Å². The van der Waals surface area contributed by atoms with Crippen molar-refractivity contribution in [2.75, 3.05) is 6.54 Å². The number of piperidine rings is 1. The standard InChI is InChI=1S/C12H16BrN3O3S/c13-9-5-1-2-7-11(9)20(18,19)16-8-4-3-6-10(16)12(14)15-17/h1-2,5,7,10,17H,3-4,6,8H2,(H2,14,15). The number of benzene rings is 1. The van der Waals surface area contributed by atoms with Crippen LogP contribution in [0.5, 0.6) is 0 Å². The Labute approximate surface area is 126 Å². The van der Waals surface area contributed by atoms with Gasteiger partial charge in [-0.3, -0.25) is 0 Å². The highest BCUT2D eigenvalue weighted by Crippen LogP contribution is 2.29. The van der Waals surface area contributed by atoms with Crippen molar-refractivity contribution in [3.05, 3.63) is 28.7 Å². The number of hydrogen-bond acceptors (Lipinski definition) is 4. The van der Waals surface area contributed by atoms with E-state index in [0.29, 0.717) is 17.4 Å². The number of sulfonamides is 1. The smallest absolute Gasteiger partial charge is 0.244 e. The summed E-state index contributed by atoms with van der Waals surface area (Å²) in [6, 6.07) is 6.04. The molecule has 1 atom stereocenters. The lowest BCUT2D eigenvalue weighted by Crippen LogP contribution is -2.50. The molecule has 0 bridgehead atoms.